The number of furan rings is 1. The van der Waals surface area contributed by atoms with Crippen LogP contribution in [0.5, 0.6) is 17.2 Å². The normalized spacial score (nSPS) is 13.8. The molecule has 2 heterocycles. The maximum absolute atomic E-state index is 14.1. The van der Waals surface area contributed by atoms with Gasteiger partial charge in [0.1, 0.15) is 17.3 Å². The molecule has 0 unspecified atom stereocenters. The molecule has 1 aromatic heterocycles. The molecular formula is C25H14ClFO6. The van der Waals surface area contributed by atoms with E-state index in [0.29, 0.717) is 16.7 Å². The molecule has 0 spiro atoms. The van der Waals surface area contributed by atoms with Crippen LogP contribution in [0.4, 0.5) is 4.39 Å². The lowest BCUT2D eigenvalue weighted by molar-refractivity contribution is 0.0703. The van der Waals surface area contributed by atoms with Crippen LogP contribution in [0.3, 0.4) is 0 Å². The summed E-state index contributed by atoms with van der Waals surface area (Å²) in [7, 11) is 1.50. The van der Waals surface area contributed by atoms with Crippen LogP contribution in [0, 0.1) is 5.82 Å². The van der Waals surface area contributed by atoms with E-state index in [0.717, 1.165) is 0 Å². The van der Waals surface area contributed by atoms with Gasteiger partial charge in [0.05, 0.1) is 17.7 Å². The summed E-state index contributed by atoms with van der Waals surface area (Å²) in [4.78, 5) is 25.2. The molecule has 0 radical (unpaired) electrons. The Labute approximate surface area is 191 Å². The fourth-order valence-corrected chi connectivity index (χ4v) is 3.68. The van der Waals surface area contributed by atoms with Gasteiger partial charge in [-0.3, -0.25) is 4.79 Å². The van der Waals surface area contributed by atoms with Crippen molar-refractivity contribution < 1.29 is 32.6 Å². The third-order valence-electron chi connectivity index (χ3n) is 5.06. The summed E-state index contributed by atoms with van der Waals surface area (Å²) in [6, 6.07) is 15.4. The Morgan fingerprint density at radius 3 is 2.70 bits per heavy atom. The molecule has 0 atom stereocenters. The first-order valence-corrected chi connectivity index (χ1v) is 10.1. The molecule has 33 heavy (non-hydrogen) atoms. The third kappa shape index (κ3) is 3.72. The smallest absolute Gasteiger partial charge is 0.379 e. The number of hydrogen-bond donors (Lipinski definition) is 0. The number of benzene rings is 3. The molecule has 5 rings (SSSR count). The van der Waals surface area contributed by atoms with E-state index in [1.165, 1.54) is 49.6 Å². The van der Waals surface area contributed by atoms with E-state index in [1.54, 1.807) is 24.3 Å². The highest BCUT2D eigenvalue weighted by atomic mass is 35.5. The summed E-state index contributed by atoms with van der Waals surface area (Å²) < 4.78 is 35.9. The third-order valence-corrected chi connectivity index (χ3v) is 5.39. The Morgan fingerprint density at radius 1 is 1.09 bits per heavy atom. The maximum atomic E-state index is 14.1. The van der Waals surface area contributed by atoms with Gasteiger partial charge in [-0.05, 0) is 42.5 Å². The van der Waals surface area contributed by atoms with Gasteiger partial charge >= 0.3 is 5.97 Å². The van der Waals surface area contributed by atoms with Crippen LogP contribution in [0.2, 0.25) is 5.02 Å². The molecule has 6 nitrogen and oxygen atoms in total. The Balaban J connectivity index is 1.40. The Bertz CT molecular complexity index is 1450. The number of ketones is 1. The quantitative estimate of drug-likeness (QED) is 0.207. The summed E-state index contributed by atoms with van der Waals surface area (Å²) in [5.74, 6) is -1.05. The van der Waals surface area contributed by atoms with Crippen molar-refractivity contribution in [3.8, 4) is 17.2 Å². The minimum Gasteiger partial charge on any atom is -0.493 e. The predicted molar refractivity (Wildman–Crippen MR) is 119 cm³/mol. The minimum atomic E-state index is -0.730. The molecule has 0 N–H and O–H groups in total. The number of hydrogen-bond acceptors (Lipinski definition) is 6. The summed E-state index contributed by atoms with van der Waals surface area (Å²) in [5.41, 5.74) is 0.723. The van der Waals surface area contributed by atoms with Crippen LogP contribution in [-0.4, -0.2) is 18.9 Å². The minimum absolute atomic E-state index is 0.0122. The number of fused-ring (bicyclic) bond motifs is 2. The molecule has 4 aromatic rings. The van der Waals surface area contributed by atoms with Crippen molar-refractivity contribution >= 4 is 40.4 Å². The SMILES string of the molecule is COc1cccc2cc(C(=O)Oc3ccc4c(c3)O/C(=C\c3c(F)cccc3Cl)C4=O)oc12. The Hall–Kier alpha value is -4.10. The molecule has 8 heteroatoms. The van der Waals surface area contributed by atoms with Crippen molar-refractivity contribution in [3.63, 3.8) is 0 Å². The second kappa shape index (κ2) is 8.11. The van der Waals surface area contributed by atoms with E-state index in [2.05, 4.69) is 0 Å². The van der Waals surface area contributed by atoms with Crippen molar-refractivity contribution in [1.29, 1.82) is 0 Å². The van der Waals surface area contributed by atoms with Gasteiger partial charge in [0.15, 0.2) is 17.1 Å². The van der Waals surface area contributed by atoms with Gasteiger partial charge in [-0.1, -0.05) is 29.8 Å². The molecular weight excluding hydrogens is 451 g/mol. The number of allylic oxidation sites excluding steroid dienone is 1. The average molecular weight is 465 g/mol. The van der Waals surface area contributed by atoms with E-state index < -0.39 is 17.6 Å². The zero-order chi connectivity index (χ0) is 23.1. The summed E-state index contributed by atoms with van der Waals surface area (Å²) in [5, 5.41) is 0.831. The molecule has 0 bridgehead atoms. The first-order chi connectivity index (χ1) is 15.9. The summed E-state index contributed by atoms with van der Waals surface area (Å²) in [6.07, 6.45) is 1.24. The van der Waals surface area contributed by atoms with Crippen LogP contribution in [0.1, 0.15) is 26.5 Å². The molecule has 0 saturated heterocycles. The van der Waals surface area contributed by atoms with Crippen LogP contribution >= 0.6 is 11.6 Å². The molecule has 0 amide bonds. The van der Waals surface area contributed by atoms with Crippen molar-refractivity contribution in [2.24, 2.45) is 0 Å². The number of esters is 1. The monoisotopic (exact) mass is 464 g/mol. The van der Waals surface area contributed by atoms with Gasteiger partial charge in [0.25, 0.3) is 0 Å². The van der Waals surface area contributed by atoms with Gasteiger partial charge in [-0.15, -0.1) is 0 Å². The number of rotatable bonds is 4. The van der Waals surface area contributed by atoms with Gasteiger partial charge in [-0.2, -0.15) is 0 Å². The first-order valence-electron chi connectivity index (χ1n) is 9.75. The van der Waals surface area contributed by atoms with E-state index in [1.807, 2.05) is 0 Å². The number of halogens is 2. The fourth-order valence-electron chi connectivity index (χ4n) is 3.47. The Kier molecular flexibility index (Phi) is 5.11. The highest BCUT2D eigenvalue weighted by Gasteiger charge is 2.29. The fraction of sp³-hybridized carbons (Fsp3) is 0.0400. The van der Waals surface area contributed by atoms with Crippen LogP contribution in [0.15, 0.2) is 70.8 Å². The molecule has 1 aliphatic rings. The first kappa shape index (κ1) is 20.8. The van der Waals surface area contributed by atoms with Gasteiger partial charge < -0.3 is 18.6 Å². The topological polar surface area (TPSA) is 75.0 Å². The van der Waals surface area contributed by atoms with Gasteiger partial charge in [0.2, 0.25) is 11.5 Å². The zero-order valence-corrected chi connectivity index (χ0v) is 17.8. The standard InChI is InChI=1S/C25H14ClFO6/c1-30-19-7-2-4-13-10-22(33-24(13)19)25(29)31-14-8-9-15-20(11-14)32-21(23(15)28)12-16-17(26)5-3-6-18(16)27/h2-12H,1H3/b21-12-. The highest BCUT2D eigenvalue weighted by Crippen LogP contribution is 2.36. The molecule has 164 valence electrons. The van der Waals surface area contributed by atoms with Crippen LogP contribution in [0.25, 0.3) is 17.0 Å². The van der Waals surface area contributed by atoms with Crippen molar-refractivity contribution in [2.75, 3.05) is 7.11 Å². The largest absolute Gasteiger partial charge is 0.493 e. The lowest BCUT2D eigenvalue weighted by atomic mass is 10.1. The zero-order valence-electron chi connectivity index (χ0n) is 17.1. The van der Waals surface area contributed by atoms with Crippen molar-refractivity contribution in [3.05, 3.63) is 94.1 Å². The van der Waals surface area contributed by atoms with Crippen LogP contribution < -0.4 is 14.2 Å². The number of carbonyl (C=O) groups is 2. The second-order valence-electron chi connectivity index (χ2n) is 7.11. The molecule has 0 fully saturated rings. The lowest BCUT2D eigenvalue weighted by Gasteiger charge is -2.04. The van der Waals surface area contributed by atoms with Crippen LogP contribution in [-0.2, 0) is 0 Å². The number of para-hydroxylation sites is 1. The summed E-state index contributed by atoms with van der Waals surface area (Å²) >= 11 is 6.03. The summed E-state index contributed by atoms with van der Waals surface area (Å²) in [6.45, 7) is 0. The second-order valence-corrected chi connectivity index (χ2v) is 7.52. The maximum Gasteiger partial charge on any atom is 0.379 e. The van der Waals surface area contributed by atoms with Crippen molar-refractivity contribution in [1.82, 2.24) is 0 Å². The van der Waals surface area contributed by atoms with E-state index >= 15 is 0 Å². The van der Waals surface area contributed by atoms with Gasteiger partial charge in [0, 0.05) is 17.0 Å². The Morgan fingerprint density at radius 2 is 1.91 bits per heavy atom. The molecule has 1 aliphatic heterocycles. The van der Waals surface area contributed by atoms with E-state index in [4.69, 9.17) is 30.2 Å². The molecule has 0 aliphatic carbocycles. The number of carbonyl (C=O) groups excluding carboxylic acids is 2. The number of Topliss-reactive ketones (excluding diaryl/α,β-unsaturated/α-hetero) is 1. The molecule has 0 saturated carbocycles. The number of ether oxygens (including phenoxy) is 3. The van der Waals surface area contributed by atoms with E-state index in [-0.39, 0.29) is 39.2 Å². The average Bonchev–Trinajstić information content (AvgIpc) is 3.37. The number of methoxy groups -OCH3 is 1. The highest BCUT2D eigenvalue weighted by molar-refractivity contribution is 6.32. The lowest BCUT2D eigenvalue weighted by Crippen LogP contribution is -2.07. The predicted octanol–water partition coefficient (Wildman–Crippen LogP) is 6.07. The van der Waals surface area contributed by atoms with E-state index in [9.17, 15) is 14.0 Å². The molecule has 3 aromatic carbocycles. The van der Waals surface area contributed by atoms with Crippen molar-refractivity contribution in [2.45, 2.75) is 0 Å². The van der Waals surface area contributed by atoms with Gasteiger partial charge in [-0.25, -0.2) is 9.18 Å².